The van der Waals surface area contributed by atoms with Crippen LogP contribution >= 0.6 is 0 Å². The smallest absolute Gasteiger partial charge is 0.238 e. The number of nitrogens with zero attached hydrogens (tertiary/aromatic N) is 4. The van der Waals surface area contributed by atoms with Gasteiger partial charge in [0.1, 0.15) is 0 Å². The number of pyridine rings is 1. The molecule has 1 amide bonds. The first-order chi connectivity index (χ1) is 11.2. The first-order valence-corrected chi connectivity index (χ1v) is 7.72. The quantitative estimate of drug-likeness (QED) is 0.888. The van der Waals surface area contributed by atoms with Crippen LogP contribution in [0.2, 0.25) is 0 Å². The molecule has 1 N–H and O–H groups in total. The standard InChI is InChI=1S/C16H21N5O2/c1-13-7-18-21(9-13)11-15-10-20(5-6-23-15)12-16(22)19-14-3-2-4-17-8-14/h2-4,7-9,15H,5-6,10-12H2,1H3,(H,19,22)/t15-/m0/s1. The third kappa shape index (κ3) is 4.61. The summed E-state index contributed by atoms with van der Waals surface area (Å²) in [5.41, 5.74) is 1.85. The highest BCUT2D eigenvalue weighted by Gasteiger charge is 2.22. The van der Waals surface area contributed by atoms with E-state index in [0.717, 1.165) is 18.7 Å². The number of aryl methyl sites for hydroxylation is 1. The van der Waals surface area contributed by atoms with E-state index in [1.54, 1.807) is 18.5 Å². The molecule has 2 aromatic rings. The molecular weight excluding hydrogens is 294 g/mol. The first-order valence-electron chi connectivity index (χ1n) is 7.72. The molecule has 3 heterocycles. The van der Waals surface area contributed by atoms with Crippen molar-refractivity contribution in [3.63, 3.8) is 0 Å². The molecule has 122 valence electrons. The lowest BCUT2D eigenvalue weighted by Crippen LogP contribution is -2.47. The molecule has 7 nitrogen and oxygen atoms in total. The minimum atomic E-state index is -0.0337. The summed E-state index contributed by atoms with van der Waals surface area (Å²) in [6.45, 7) is 5.18. The number of anilines is 1. The predicted octanol–water partition coefficient (Wildman–Crippen LogP) is 0.926. The van der Waals surface area contributed by atoms with E-state index >= 15 is 0 Å². The highest BCUT2D eigenvalue weighted by atomic mass is 16.5. The molecule has 1 aliphatic heterocycles. The van der Waals surface area contributed by atoms with Gasteiger partial charge in [-0.1, -0.05) is 0 Å². The van der Waals surface area contributed by atoms with Crippen molar-refractivity contribution in [1.82, 2.24) is 19.7 Å². The molecule has 23 heavy (non-hydrogen) atoms. The van der Waals surface area contributed by atoms with Crippen LogP contribution in [-0.2, 0) is 16.1 Å². The maximum Gasteiger partial charge on any atom is 0.238 e. The Balaban J connectivity index is 1.49. The number of ether oxygens (including phenoxy) is 1. The Hall–Kier alpha value is -2.25. The molecule has 0 aromatic carbocycles. The topological polar surface area (TPSA) is 72.3 Å². The molecule has 0 saturated carbocycles. The molecule has 2 aromatic heterocycles. The van der Waals surface area contributed by atoms with Crippen molar-refractivity contribution in [1.29, 1.82) is 0 Å². The monoisotopic (exact) mass is 315 g/mol. The summed E-state index contributed by atoms with van der Waals surface area (Å²) in [5.74, 6) is -0.0337. The number of morpholine rings is 1. The normalized spacial score (nSPS) is 18.7. The van der Waals surface area contributed by atoms with Gasteiger partial charge in [-0.15, -0.1) is 0 Å². The van der Waals surface area contributed by atoms with Crippen molar-refractivity contribution in [3.05, 3.63) is 42.5 Å². The zero-order valence-electron chi connectivity index (χ0n) is 13.2. The van der Waals surface area contributed by atoms with Gasteiger partial charge in [0.2, 0.25) is 5.91 Å². The van der Waals surface area contributed by atoms with E-state index in [1.165, 1.54) is 0 Å². The minimum absolute atomic E-state index is 0.0337. The Labute approximate surface area is 135 Å². The van der Waals surface area contributed by atoms with Crippen molar-refractivity contribution in [2.45, 2.75) is 19.6 Å². The van der Waals surface area contributed by atoms with Crippen LogP contribution in [-0.4, -0.2) is 57.9 Å². The van der Waals surface area contributed by atoms with Gasteiger partial charge in [-0.3, -0.25) is 19.4 Å². The third-order valence-electron chi connectivity index (χ3n) is 3.69. The van der Waals surface area contributed by atoms with E-state index in [1.807, 2.05) is 30.1 Å². The highest BCUT2D eigenvalue weighted by Crippen LogP contribution is 2.09. The van der Waals surface area contributed by atoms with Gasteiger partial charge in [0.15, 0.2) is 0 Å². The predicted molar refractivity (Wildman–Crippen MR) is 86.0 cm³/mol. The van der Waals surface area contributed by atoms with Gasteiger partial charge < -0.3 is 10.1 Å². The van der Waals surface area contributed by atoms with Crippen molar-refractivity contribution in [2.24, 2.45) is 0 Å². The molecule has 1 fully saturated rings. The Morgan fingerprint density at radius 3 is 3.13 bits per heavy atom. The lowest BCUT2D eigenvalue weighted by molar-refractivity contribution is -0.119. The summed E-state index contributed by atoms with van der Waals surface area (Å²) in [7, 11) is 0. The zero-order chi connectivity index (χ0) is 16.1. The van der Waals surface area contributed by atoms with Crippen molar-refractivity contribution in [3.8, 4) is 0 Å². The highest BCUT2D eigenvalue weighted by molar-refractivity contribution is 5.92. The molecule has 0 bridgehead atoms. The average molecular weight is 315 g/mol. The number of amides is 1. The van der Waals surface area contributed by atoms with Gasteiger partial charge in [-0.2, -0.15) is 5.10 Å². The van der Waals surface area contributed by atoms with Crippen LogP contribution in [0.5, 0.6) is 0 Å². The molecule has 0 spiro atoms. The Morgan fingerprint density at radius 2 is 2.39 bits per heavy atom. The zero-order valence-corrected chi connectivity index (χ0v) is 13.2. The first kappa shape index (κ1) is 15.6. The molecule has 0 aliphatic carbocycles. The van der Waals surface area contributed by atoms with Crippen molar-refractivity contribution >= 4 is 11.6 Å². The fraction of sp³-hybridized carbons (Fsp3) is 0.438. The summed E-state index contributed by atoms with van der Waals surface area (Å²) in [6, 6.07) is 3.62. The summed E-state index contributed by atoms with van der Waals surface area (Å²) in [4.78, 5) is 18.2. The minimum Gasteiger partial charge on any atom is -0.374 e. The van der Waals surface area contributed by atoms with Gasteiger partial charge in [-0.05, 0) is 24.6 Å². The largest absolute Gasteiger partial charge is 0.374 e. The maximum atomic E-state index is 12.1. The number of carbonyl (C=O) groups excluding carboxylic acids is 1. The van der Waals surface area contributed by atoms with Crippen LogP contribution in [0.4, 0.5) is 5.69 Å². The number of nitrogens with one attached hydrogen (secondary N) is 1. The van der Waals surface area contributed by atoms with E-state index in [0.29, 0.717) is 25.4 Å². The van der Waals surface area contributed by atoms with Crippen LogP contribution in [0.3, 0.4) is 0 Å². The second-order valence-electron chi connectivity index (χ2n) is 5.76. The molecule has 0 unspecified atom stereocenters. The SMILES string of the molecule is Cc1cnn(C[C@@H]2CN(CC(=O)Nc3cccnc3)CCO2)c1. The third-order valence-corrected chi connectivity index (χ3v) is 3.69. The molecule has 3 rings (SSSR count). The van der Waals surface area contributed by atoms with Gasteiger partial charge in [-0.25, -0.2) is 0 Å². The lowest BCUT2D eigenvalue weighted by atomic mass is 10.2. The summed E-state index contributed by atoms with van der Waals surface area (Å²) in [5, 5.41) is 7.14. The van der Waals surface area contributed by atoms with Gasteiger partial charge in [0.05, 0.1) is 43.9 Å². The maximum absolute atomic E-state index is 12.1. The van der Waals surface area contributed by atoms with Crippen molar-refractivity contribution in [2.75, 3.05) is 31.6 Å². The van der Waals surface area contributed by atoms with Crippen LogP contribution < -0.4 is 5.32 Å². The van der Waals surface area contributed by atoms with Gasteiger partial charge in [0.25, 0.3) is 0 Å². The molecule has 1 aliphatic rings. The van der Waals surface area contributed by atoms with Gasteiger partial charge >= 0.3 is 0 Å². The Kier molecular flexibility index (Phi) is 4.99. The Morgan fingerprint density at radius 1 is 1.48 bits per heavy atom. The molecular formula is C16H21N5O2. The Bertz CT molecular complexity index is 643. The molecule has 1 atom stereocenters. The second-order valence-corrected chi connectivity index (χ2v) is 5.76. The van der Waals surface area contributed by atoms with E-state index in [4.69, 9.17) is 4.74 Å². The molecule has 7 heteroatoms. The van der Waals surface area contributed by atoms with Crippen LogP contribution in [0.25, 0.3) is 0 Å². The summed E-state index contributed by atoms with van der Waals surface area (Å²) < 4.78 is 7.67. The van der Waals surface area contributed by atoms with E-state index in [9.17, 15) is 4.79 Å². The second kappa shape index (κ2) is 7.34. The number of aromatic nitrogens is 3. The number of hydrogen-bond donors (Lipinski definition) is 1. The number of hydrogen-bond acceptors (Lipinski definition) is 5. The lowest BCUT2D eigenvalue weighted by Gasteiger charge is -2.32. The van der Waals surface area contributed by atoms with Gasteiger partial charge in [0, 0.05) is 25.5 Å². The van der Waals surface area contributed by atoms with Crippen LogP contribution in [0.1, 0.15) is 5.56 Å². The fourth-order valence-electron chi connectivity index (χ4n) is 2.65. The summed E-state index contributed by atoms with van der Waals surface area (Å²) in [6.07, 6.45) is 7.20. The summed E-state index contributed by atoms with van der Waals surface area (Å²) >= 11 is 0. The van der Waals surface area contributed by atoms with E-state index in [2.05, 4.69) is 20.3 Å². The fourth-order valence-corrected chi connectivity index (χ4v) is 2.65. The molecule has 0 radical (unpaired) electrons. The van der Waals surface area contributed by atoms with E-state index < -0.39 is 0 Å². The number of rotatable bonds is 5. The number of carbonyl (C=O) groups is 1. The van der Waals surface area contributed by atoms with E-state index in [-0.39, 0.29) is 12.0 Å². The van der Waals surface area contributed by atoms with Crippen molar-refractivity contribution < 1.29 is 9.53 Å². The van der Waals surface area contributed by atoms with Crippen LogP contribution in [0.15, 0.2) is 36.9 Å². The molecule has 1 saturated heterocycles. The average Bonchev–Trinajstić information content (AvgIpc) is 2.93. The van der Waals surface area contributed by atoms with Crippen LogP contribution in [0, 0.1) is 6.92 Å².